The summed E-state index contributed by atoms with van der Waals surface area (Å²) in [4.78, 5) is 15.0. The first-order valence-corrected chi connectivity index (χ1v) is 10.8. The van der Waals surface area contributed by atoms with Crippen LogP contribution in [0.15, 0.2) is 36.4 Å². The summed E-state index contributed by atoms with van der Waals surface area (Å²) in [5.74, 6) is -0.141. The Morgan fingerprint density at radius 3 is 2.55 bits per heavy atom. The Bertz CT molecular complexity index is 842. The van der Waals surface area contributed by atoms with Gasteiger partial charge in [0.1, 0.15) is 5.82 Å². The van der Waals surface area contributed by atoms with E-state index in [1.165, 1.54) is 17.2 Å². The van der Waals surface area contributed by atoms with Crippen molar-refractivity contribution in [2.24, 2.45) is 5.92 Å². The van der Waals surface area contributed by atoms with Gasteiger partial charge >= 0.3 is 0 Å². The van der Waals surface area contributed by atoms with E-state index in [9.17, 15) is 9.18 Å². The lowest BCUT2D eigenvalue weighted by molar-refractivity contribution is -0.127. The van der Waals surface area contributed by atoms with Gasteiger partial charge in [-0.3, -0.25) is 9.69 Å². The van der Waals surface area contributed by atoms with Crippen molar-refractivity contribution < 1.29 is 9.18 Å². The molecule has 2 aromatic rings. The highest BCUT2D eigenvalue weighted by Crippen LogP contribution is 2.26. The number of benzene rings is 2. The van der Waals surface area contributed by atoms with Crippen LogP contribution >= 0.6 is 11.6 Å². The zero-order valence-corrected chi connectivity index (χ0v) is 18.2. The van der Waals surface area contributed by atoms with Gasteiger partial charge in [0.25, 0.3) is 0 Å². The number of halogens is 2. The van der Waals surface area contributed by atoms with E-state index in [-0.39, 0.29) is 23.7 Å². The topological polar surface area (TPSA) is 32.3 Å². The monoisotopic (exact) mass is 416 g/mol. The molecule has 1 fully saturated rings. The highest BCUT2D eigenvalue weighted by molar-refractivity contribution is 6.31. The second-order valence-electron chi connectivity index (χ2n) is 8.06. The molecule has 1 N–H and O–H groups in total. The van der Waals surface area contributed by atoms with Crippen LogP contribution in [0.1, 0.15) is 54.5 Å². The van der Waals surface area contributed by atoms with E-state index in [0.29, 0.717) is 17.1 Å². The Balaban J connectivity index is 1.56. The number of rotatable bonds is 6. The molecule has 1 heterocycles. The predicted octanol–water partition coefficient (Wildman–Crippen LogP) is 5.58. The van der Waals surface area contributed by atoms with Gasteiger partial charge in [-0.05, 0) is 75.0 Å². The van der Waals surface area contributed by atoms with Crippen LogP contribution in [0, 0.1) is 25.6 Å². The maximum absolute atomic E-state index is 14.0. The maximum atomic E-state index is 14.0. The lowest BCUT2D eigenvalue weighted by Crippen LogP contribution is -2.41. The van der Waals surface area contributed by atoms with Gasteiger partial charge in [-0.15, -0.1) is 0 Å². The van der Waals surface area contributed by atoms with Crippen LogP contribution in [0.25, 0.3) is 0 Å². The quantitative estimate of drug-likeness (QED) is 0.667. The van der Waals surface area contributed by atoms with Crippen LogP contribution in [-0.4, -0.2) is 23.9 Å². The molecule has 0 aliphatic carbocycles. The number of likely N-dealkylation sites (tertiary alicyclic amines) is 1. The summed E-state index contributed by atoms with van der Waals surface area (Å²) in [5.41, 5.74) is 4.21. The van der Waals surface area contributed by atoms with Gasteiger partial charge in [-0.1, -0.05) is 42.8 Å². The van der Waals surface area contributed by atoms with Crippen LogP contribution in [0.4, 0.5) is 4.39 Å². The summed E-state index contributed by atoms with van der Waals surface area (Å²) >= 11 is 6.15. The Labute approximate surface area is 178 Å². The number of hydrogen-bond donors (Lipinski definition) is 1. The number of hydrogen-bond acceptors (Lipinski definition) is 2. The third-order valence-corrected chi connectivity index (χ3v) is 6.41. The third-order valence-electron chi connectivity index (χ3n) is 6.06. The van der Waals surface area contributed by atoms with Crippen molar-refractivity contribution in [3.63, 3.8) is 0 Å². The molecule has 0 spiro atoms. The zero-order valence-electron chi connectivity index (χ0n) is 17.5. The summed E-state index contributed by atoms with van der Waals surface area (Å²) in [6, 6.07) is 11.2. The molecule has 0 unspecified atom stereocenters. The molecule has 0 bridgehead atoms. The van der Waals surface area contributed by atoms with Crippen molar-refractivity contribution in [3.05, 3.63) is 69.5 Å². The van der Waals surface area contributed by atoms with Crippen LogP contribution in [0.3, 0.4) is 0 Å². The minimum atomic E-state index is -0.267. The van der Waals surface area contributed by atoms with E-state index in [4.69, 9.17) is 11.6 Å². The first-order chi connectivity index (χ1) is 13.9. The number of nitrogens with one attached hydrogen (secondary N) is 1. The molecule has 1 atom stereocenters. The minimum Gasteiger partial charge on any atom is -0.349 e. The van der Waals surface area contributed by atoms with Gasteiger partial charge in [0.2, 0.25) is 5.91 Å². The van der Waals surface area contributed by atoms with E-state index in [1.807, 2.05) is 0 Å². The second kappa shape index (κ2) is 9.73. The van der Waals surface area contributed by atoms with Gasteiger partial charge in [0.15, 0.2) is 0 Å². The third kappa shape index (κ3) is 5.37. The van der Waals surface area contributed by atoms with Gasteiger partial charge in [-0.2, -0.15) is 0 Å². The predicted molar refractivity (Wildman–Crippen MR) is 117 cm³/mol. The molecule has 1 saturated heterocycles. The summed E-state index contributed by atoms with van der Waals surface area (Å²) in [6.45, 7) is 8.32. The molecule has 156 valence electrons. The number of amides is 1. The summed E-state index contributed by atoms with van der Waals surface area (Å²) < 4.78 is 14.0. The number of carbonyl (C=O) groups excluding carboxylic acids is 1. The molecular formula is C24H30ClFN2O. The van der Waals surface area contributed by atoms with E-state index < -0.39 is 0 Å². The van der Waals surface area contributed by atoms with Crippen molar-refractivity contribution in [1.29, 1.82) is 0 Å². The molecule has 3 nitrogen and oxygen atoms in total. The normalized spacial score (nSPS) is 16.6. The standard InChI is InChI=1S/C24H30ClFN2O/c1-4-23(19-9-8-16(2)17(3)14-19)27-24(29)18-10-12-28(13-11-18)15-20-21(25)6-5-7-22(20)26/h5-9,14,18,23H,4,10-13,15H2,1-3H3,(H,27,29)/t23-/m0/s1. The van der Waals surface area contributed by atoms with Crippen LogP contribution < -0.4 is 5.32 Å². The molecule has 0 saturated carbocycles. The second-order valence-corrected chi connectivity index (χ2v) is 8.47. The highest BCUT2D eigenvalue weighted by atomic mass is 35.5. The summed E-state index contributed by atoms with van der Waals surface area (Å²) in [7, 11) is 0. The number of aryl methyl sites for hydroxylation is 2. The number of nitrogens with zero attached hydrogens (tertiary/aromatic N) is 1. The smallest absolute Gasteiger partial charge is 0.223 e. The van der Waals surface area contributed by atoms with Crippen molar-refractivity contribution in [3.8, 4) is 0 Å². The average Bonchev–Trinajstić information content (AvgIpc) is 2.71. The number of carbonyl (C=O) groups is 1. The fourth-order valence-electron chi connectivity index (χ4n) is 3.95. The molecule has 5 heteroatoms. The van der Waals surface area contributed by atoms with Gasteiger partial charge in [0.05, 0.1) is 6.04 Å². The number of piperidine rings is 1. The first-order valence-electron chi connectivity index (χ1n) is 10.4. The van der Waals surface area contributed by atoms with E-state index in [0.717, 1.165) is 37.9 Å². The van der Waals surface area contributed by atoms with Crippen LogP contribution in [-0.2, 0) is 11.3 Å². The van der Waals surface area contributed by atoms with Gasteiger partial charge < -0.3 is 5.32 Å². The Morgan fingerprint density at radius 1 is 1.21 bits per heavy atom. The van der Waals surface area contributed by atoms with Crippen molar-refractivity contribution in [2.75, 3.05) is 13.1 Å². The molecule has 3 rings (SSSR count). The SMILES string of the molecule is CC[C@H](NC(=O)C1CCN(Cc2c(F)cccc2Cl)CC1)c1ccc(C)c(C)c1. The molecule has 0 aromatic heterocycles. The van der Waals surface area contributed by atoms with E-state index in [1.54, 1.807) is 12.1 Å². The average molecular weight is 417 g/mol. The van der Waals surface area contributed by atoms with Crippen LogP contribution in [0.2, 0.25) is 5.02 Å². The molecule has 29 heavy (non-hydrogen) atoms. The van der Waals surface area contributed by atoms with Crippen molar-refractivity contribution in [1.82, 2.24) is 10.2 Å². The lowest BCUT2D eigenvalue weighted by Gasteiger charge is -2.32. The van der Waals surface area contributed by atoms with Gasteiger partial charge in [0, 0.05) is 23.0 Å². The minimum absolute atomic E-state index is 0.00272. The van der Waals surface area contributed by atoms with Crippen LogP contribution in [0.5, 0.6) is 0 Å². The fraction of sp³-hybridized carbons (Fsp3) is 0.458. The maximum Gasteiger partial charge on any atom is 0.223 e. The Morgan fingerprint density at radius 2 is 1.93 bits per heavy atom. The first kappa shape index (κ1) is 21.8. The molecule has 1 aliphatic rings. The Hall–Kier alpha value is -1.91. The zero-order chi connectivity index (χ0) is 21.0. The summed E-state index contributed by atoms with van der Waals surface area (Å²) in [6.07, 6.45) is 2.42. The molecule has 1 aliphatic heterocycles. The summed E-state index contributed by atoms with van der Waals surface area (Å²) in [5, 5.41) is 3.71. The van der Waals surface area contributed by atoms with Gasteiger partial charge in [-0.25, -0.2) is 4.39 Å². The highest BCUT2D eigenvalue weighted by Gasteiger charge is 2.27. The van der Waals surface area contributed by atoms with E-state index >= 15 is 0 Å². The lowest BCUT2D eigenvalue weighted by atomic mass is 9.94. The largest absolute Gasteiger partial charge is 0.349 e. The van der Waals surface area contributed by atoms with Crippen molar-refractivity contribution in [2.45, 2.75) is 52.6 Å². The molecule has 1 amide bonds. The fourth-order valence-corrected chi connectivity index (χ4v) is 4.18. The van der Waals surface area contributed by atoms with E-state index in [2.05, 4.69) is 49.2 Å². The molecule has 2 aromatic carbocycles. The Kier molecular flexibility index (Phi) is 7.31. The van der Waals surface area contributed by atoms with Crippen molar-refractivity contribution >= 4 is 17.5 Å². The molecule has 0 radical (unpaired) electrons. The molecular weight excluding hydrogens is 387 g/mol.